The van der Waals surface area contributed by atoms with Crippen LogP contribution in [0.1, 0.15) is 54.1 Å². The highest BCUT2D eigenvalue weighted by Gasteiger charge is 2.20. The van der Waals surface area contributed by atoms with Crippen LogP contribution in [-0.4, -0.2) is 12.0 Å². The fourth-order valence-electron chi connectivity index (χ4n) is 2.77. The maximum absolute atomic E-state index is 12.6. The summed E-state index contributed by atoms with van der Waals surface area (Å²) in [7, 11) is 0. The van der Waals surface area contributed by atoms with Gasteiger partial charge in [-0.25, -0.2) is 0 Å². The summed E-state index contributed by atoms with van der Waals surface area (Å²) >= 11 is 0. The lowest BCUT2D eigenvalue weighted by Crippen LogP contribution is -2.38. The maximum Gasteiger partial charge on any atom is 0.261 e. The first-order valence-electron chi connectivity index (χ1n) is 8.93. The molecule has 134 valence electrons. The van der Waals surface area contributed by atoms with Crippen LogP contribution in [0.5, 0.6) is 5.75 Å². The van der Waals surface area contributed by atoms with E-state index in [1.807, 2.05) is 32.0 Å². The van der Waals surface area contributed by atoms with Crippen molar-refractivity contribution in [3.63, 3.8) is 0 Å². The number of benzene rings is 2. The number of amides is 1. The molecule has 3 heteroatoms. The predicted molar refractivity (Wildman–Crippen MR) is 103 cm³/mol. The lowest BCUT2D eigenvalue weighted by atomic mass is 9.99. The molecule has 0 unspecified atom stereocenters. The molecule has 0 bridgehead atoms. The van der Waals surface area contributed by atoms with Crippen molar-refractivity contribution in [1.29, 1.82) is 0 Å². The Kier molecular flexibility index (Phi) is 6.24. The monoisotopic (exact) mass is 339 g/mol. The van der Waals surface area contributed by atoms with Crippen molar-refractivity contribution in [2.24, 2.45) is 0 Å². The molecule has 2 atom stereocenters. The van der Waals surface area contributed by atoms with Gasteiger partial charge in [0, 0.05) is 0 Å². The largest absolute Gasteiger partial charge is 0.481 e. The summed E-state index contributed by atoms with van der Waals surface area (Å²) in [4.78, 5) is 12.6. The van der Waals surface area contributed by atoms with Crippen molar-refractivity contribution in [3.05, 3.63) is 64.2 Å². The zero-order valence-electron chi connectivity index (χ0n) is 16.1. The van der Waals surface area contributed by atoms with Crippen molar-refractivity contribution < 1.29 is 9.53 Å². The molecule has 3 nitrogen and oxygen atoms in total. The Bertz CT molecular complexity index is 752. The van der Waals surface area contributed by atoms with E-state index in [1.54, 1.807) is 6.92 Å². The molecular formula is C22H29NO2. The van der Waals surface area contributed by atoms with Gasteiger partial charge in [0.2, 0.25) is 0 Å². The second-order valence-corrected chi connectivity index (χ2v) is 6.84. The minimum Gasteiger partial charge on any atom is -0.481 e. The topological polar surface area (TPSA) is 38.3 Å². The predicted octanol–water partition coefficient (Wildman–Crippen LogP) is 4.96. The van der Waals surface area contributed by atoms with Crippen LogP contribution in [0, 0.1) is 27.7 Å². The molecule has 0 aliphatic heterocycles. The van der Waals surface area contributed by atoms with E-state index in [0.29, 0.717) is 0 Å². The zero-order valence-corrected chi connectivity index (χ0v) is 16.1. The molecule has 0 fully saturated rings. The lowest BCUT2D eigenvalue weighted by Gasteiger charge is -2.22. The summed E-state index contributed by atoms with van der Waals surface area (Å²) in [6.07, 6.45) is 0.297. The third kappa shape index (κ3) is 4.85. The minimum atomic E-state index is -0.541. The molecule has 0 saturated carbocycles. The summed E-state index contributed by atoms with van der Waals surface area (Å²) in [6.45, 7) is 12.1. The number of carbonyl (C=O) groups is 1. The SMILES string of the molecule is CC[C@@H](NC(=O)[C@H](C)Oc1cc(C)ccc1C)c1ccc(C)c(C)c1. The first-order chi connectivity index (χ1) is 11.8. The first kappa shape index (κ1) is 19.0. The van der Waals surface area contributed by atoms with Gasteiger partial charge in [-0.05, 0) is 74.9 Å². The van der Waals surface area contributed by atoms with Crippen LogP contribution >= 0.6 is 0 Å². The molecule has 2 rings (SSSR count). The van der Waals surface area contributed by atoms with E-state index < -0.39 is 6.10 Å². The Labute approximate surface area is 151 Å². The van der Waals surface area contributed by atoms with Crippen molar-refractivity contribution >= 4 is 5.91 Å². The number of aryl methyl sites for hydroxylation is 4. The van der Waals surface area contributed by atoms with Crippen LogP contribution in [0.4, 0.5) is 0 Å². The van der Waals surface area contributed by atoms with Gasteiger partial charge in [0.15, 0.2) is 6.10 Å². The van der Waals surface area contributed by atoms with E-state index in [4.69, 9.17) is 4.74 Å². The van der Waals surface area contributed by atoms with Gasteiger partial charge < -0.3 is 10.1 Å². The van der Waals surface area contributed by atoms with Gasteiger partial charge in [0.1, 0.15) is 5.75 Å². The summed E-state index contributed by atoms with van der Waals surface area (Å²) in [5.41, 5.74) is 5.79. The van der Waals surface area contributed by atoms with E-state index in [-0.39, 0.29) is 11.9 Å². The molecule has 0 aromatic heterocycles. The molecule has 1 amide bonds. The van der Waals surface area contributed by atoms with Gasteiger partial charge in [-0.3, -0.25) is 4.79 Å². The number of nitrogens with one attached hydrogen (secondary N) is 1. The summed E-state index contributed by atoms with van der Waals surface area (Å²) in [5.74, 6) is 0.674. The van der Waals surface area contributed by atoms with E-state index in [9.17, 15) is 4.79 Å². The molecule has 0 spiro atoms. The Balaban J connectivity index is 2.08. The number of carbonyl (C=O) groups excluding carboxylic acids is 1. The molecule has 0 aliphatic rings. The molecular weight excluding hydrogens is 310 g/mol. The first-order valence-corrected chi connectivity index (χ1v) is 8.93. The van der Waals surface area contributed by atoms with Gasteiger partial charge in [0.05, 0.1) is 6.04 Å². The molecule has 0 aliphatic carbocycles. The third-order valence-electron chi connectivity index (χ3n) is 4.67. The van der Waals surface area contributed by atoms with Crippen LogP contribution in [0.15, 0.2) is 36.4 Å². The second kappa shape index (κ2) is 8.19. The smallest absolute Gasteiger partial charge is 0.261 e. The minimum absolute atomic E-state index is 0.00328. The van der Waals surface area contributed by atoms with Crippen molar-refractivity contribution in [1.82, 2.24) is 5.32 Å². The summed E-state index contributed by atoms with van der Waals surface area (Å²) in [5, 5.41) is 3.12. The fourth-order valence-corrected chi connectivity index (χ4v) is 2.77. The van der Waals surface area contributed by atoms with Crippen molar-refractivity contribution in [3.8, 4) is 5.75 Å². The quantitative estimate of drug-likeness (QED) is 0.808. The van der Waals surface area contributed by atoms with Gasteiger partial charge in [-0.15, -0.1) is 0 Å². The highest BCUT2D eigenvalue weighted by atomic mass is 16.5. The Hall–Kier alpha value is -2.29. The van der Waals surface area contributed by atoms with Crippen LogP contribution in [-0.2, 0) is 4.79 Å². The van der Waals surface area contributed by atoms with Gasteiger partial charge >= 0.3 is 0 Å². The number of hydrogen-bond acceptors (Lipinski definition) is 2. The summed E-state index contributed by atoms with van der Waals surface area (Å²) in [6, 6.07) is 12.4. The van der Waals surface area contributed by atoms with Crippen molar-refractivity contribution in [2.45, 2.75) is 60.1 Å². The molecule has 0 saturated heterocycles. The fraction of sp³-hybridized carbons (Fsp3) is 0.409. The van der Waals surface area contributed by atoms with Gasteiger partial charge in [-0.1, -0.05) is 37.3 Å². The Morgan fingerprint density at radius 3 is 2.32 bits per heavy atom. The second-order valence-electron chi connectivity index (χ2n) is 6.84. The van der Waals surface area contributed by atoms with E-state index in [0.717, 1.165) is 28.9 Å². The van der Waals surface area contributed by atoms with Crippen LogP contribution < -0.4 is 10.1 Å². The maximum atomic E-state index is 12.6. The van der Waals surface area contributed by atoms with Crippen LogP contribution in [0.2, 0.25) is 0 Å². The van der Waals surface area contributed by atoms with Crippen LogP contribution in [0.3, 0.4) is 0 Å². The Morgan fingerprint density at radius 1 is 1.00 bits per heavy atom. The molecule has 0 radical (unpaired) electrons. The van der Waals surface area contributed by atoms with E-state index in [1.165, 1.54) is 11.1 Å². The average molecular weight is 339 g/mol. The molecule has 1 N–H and O–H groups in total. The zero-order chi connectivity index (χ0) is 18.6. The lowest BCUT2D eigenvalue weighted by molar-refractivity contribution is -0.128. The van der Waals surface area contributed by atoms with E-state index >= 15 is 0 Å². The number of ether oxygens (including phenoxy) is 1. The summed E-state index contributed by atoms with van der Waals surface area (Å²) < 4.78 is 5.90. The molecule has 25 heavy (non-hydrogen) atoms. The highest BCUT2D eigenvalue weighted by Crippen LogP contribution is 2.22. The van der Waals surface area contributed by atoms with Gasteiger partial charge in [-0.2, -0.15) is 0 Å². The average Bonchev–Trinajstić information content (AvgIpc) is 2.58. The van der Waals surface area contributed by atoms with E-state index in [2.05, 4.69) is 44.3 Å². The standard InChI is InChI=1S/C22H29NO2/c1-7-20(19-11-10-15(3)17(5)13-19)23-22(24)18(6)25-21-12-14(2)8-9-16(21)4/h8-13,18,20H,7H2,1-6H3,(H,23,24)/t18-,20+/m0/s1. The highest BCUT2D eigenvalue weighted by molar-refractivity contribution is 5.81. The number of hydrogen-bond donors (Lipinski definition) is 1. The number of rotatable bonds is 6. The van der Waals surface area contributed by atoms with Crippen molar-refractivity contribution in [2.75, 3.05) is 0 Å². The Morgan fingerprint density at radius 2 is 1.68 bits per heavy atom. The normalized spacial score (nSPS) is 13.2. The molecule has 2 aromatic rings. The molecule has 0 heterocycles. The third-order valence-corrected chi connectivity index (χ3v) is 4.67. The molecule has 2 aromatic carbocycles. The van der Waals surface area contributed by atoms with Gasteiger partial charge in [0.25, 0.3) is 5.91 Å². The van der Waals surface area contributed by atoms with Crippen LogP contribution in [0.25, 0.3) is 0 Å².